The highest BCUT2D eigenvalue weighted by molar-refractivity contribution is 6.17. The third-order valence-corrected chi connectivity index (χ3v) is 3.30. The normalized spacial score (nSPS) is 10.3. The number of carbonyl (C=O) groups excluding carboxylic acids is 1. The van der Waals surface area contributed by atoms with Gasteiger partial charge < -0.3 is 5.32 Å². The number of aromatic nitrogens is 1. The third kappa shape index (κ3) is 3.81. The molecule has 2 aromatic rings. The lowest BCUT2D eigenvalue weighted by Crippen LogP contribution is -2.14. The van der Waals surface area contributed by atoms with Gasteiger partial charge in [0.05, 0.1) is 5.56 Å². The summed E-state index contributed by atoms with van der Waals surface area (Å²) >= 11 is 5.70. The van der Waals surface area contributed by atoms with E-state index in [1.165, 1.54) is 5.56 Å². The lowest BCUT2D eigenvalue weighted by molar-refractivity contribution is 0.102. The number of amides is 1. The molecule has 1 amide bonds. The van der Waals surface area contributed by atoms with Crippen LogP contribution in [0, 0.1) is 6.92 Å². The van der Waals surface area contributed by atoms with Crippen molar-refractivity contribution in [2.75, 3.05) is 11.2 Å². The molecule has 3 nitrogen and oxygen atoms in total. The topological polar surface area (TPSA) is 42.0 Å². The maximum atomic E-state index is 12.2. The first-order valence-corrected chi connectivity index (χ1v) is 7.12. The number of benzene rings is 1. The molecule has 0 fully saturated rings. The Bertz CT molecular complexity index is 599. The summed E-state index contributed by atoms with van der Waals surface area (Å²) in [5.74, 6) is 0.510. The van der Waals surface area contributed by atoms with Gasteiger partial charge in [-0.3, -0.25) is 9.78 Å². The van der Waals surface area contributed by atoms with Gasteiger partial charge in [0.15, 0.2) is 0 Å². The molecule has 0 atom stereocenters. The molecule has 4 heteroatoms. The number of aryl methyl sites for hydroxylation is 2. The Morgan fingerprint density at radius 2 is 2.15 bits per heavy atom. The molecule has 0 radical (unpaired) electrons. The van der Waals surface area contributed by atoms with Crippen molar-refractivity contribution in [3.8, 4) is 0 Å². The fourth-order valence-electron chi connectivity index (χ4n) is 2.00. The van der Waals surface area contributed by atoms with E-state index in [0.29, 0.717) is 11.4 Å². The number of hydrogen-bond acceptors (Lipinski definition) is 2. The number of nitrogens with zero attached hydrogens (tertiary/aromatic N) is 1. The lowest BCUT2D eigenvalue weighted by Gasteiger charge is -2.08. The standard InChI is InChI=1S/C16H17ClN2O/c1-12-15(8-4-10-18-12)16(20)19-14-7-2-5-13(11-14)6-3-9-17/h2,4-5,7-8,10-11H,3,6,9H2,1H3,(H,19,20). The molecule has 0 saturated heterocycles. The second-order valence-corrected chi connectivity index (χ2v) is 4.96. The Labute approximate surface area is 124 Å². The van der Waals surface area contributed by atoms with Gasteiger partial charge in [-0.05, 0) is 49.6 Å². The molecule has 0 aliphatic rings. The minimum absolute atomic E-state index is 0.134. The van der Waals surface area contributed by atoms with Crippen LogP contribution < -0.4 is 5.32 Å². The Balaban J connectivity index is 2.10. The zero-order valence-electron chi connectivity index (χ0n) is 11.4. The average molecular weight is 289 g/mol. The number of hydrogen-bond donors (Lipinski definition) is 1. The number of rotatable bonds is 5. The van der Waals surface area contributed by atoms with Crippen LogP contribution in [0.25, 0.3) is 0 Å². The fourth-order valence-corrected chi connectivity index (χ4v) is 2.13. The van der Waals surface area contributed by atoms with E-state index in [9.17, 15) is 4.79 Å². The minimum atomic E-state index is -0.134. The van der Waals surface area contributed by atoms with Crippen molar-refractivity contribution in [2.24, 2.45) is 0 Å². The van der Waals surface area contributed by atoms with Crippen LogP contribution >= 0.6 is 11.6 Å². The van der Waals surface area contributed by atoms with Crippen molar-refractivity contribution in [1.82, 2.24) is 4.98 Å². The molecule has 104 valence electrons. The molecule has 0 saturated carbocycles. The van der Waals surface area contributed by atoms with Crippen molar-refractivity contribution in [1.29, 1.82) is 0 Å². The molecule has 2 rings (SSSR count). The van der Waals surface area contributed by atoms with E-state index in [1.54, 1.807) is 18.3 Å². The Hall–Kier alpha value is -1.87. The zero-order valence-corrected chi connectivity index (χ0v) is 12.2. The third-order valence-electron chi connectivity index (χ3n) is 3.04. The van der Waals surface area contributed by atoms with Crippen LogP contribution in [-0.4, -0.2) is 16.8 Å². The van der Waals surface area contributed by atoms with Gasteiger partial charge in [-0.25, -0.2) is 0 Å². The lowest BCUT2D eigenvalue weighted by atomic mass is 10.1. The molecule has 0 aliphatic carbocycles. The summed E-state index contributed by atoms with van der Waals surface area (Å²) in [6.45, 7) is 1.83. The maximum Gasteiger partial charge on any atom is 0.257 e. The molecule has 0 aliphatic heterocycles. The maximum absolute atomic E-state index is 12.2. The quantitative estimate of drug-likeness (QED) is 0.850. The number of halogens is 1. The summed E-state index contributed by atoms with van der Waals surface area (Å²) in [7, 11) is 0. The second-order valence-electron chi connectivity index (χ2n) is 4.58. The van der Waals surface area contributed by atoms with E-state index < -0.39 is 0 Å². The molecule has 1 aromatic carbocycles. The molecule has 0 bridgehead atoms. The summed E-state index contributed by atoms with van der Waals surface area (Å²) in [5.41, 5.74) is 3.29. The van der Waals surface area contributed by atoms with Crippen LogP contribution in [-0.2, 0) is 6.42 Å². The second kappa shape index (κ2) is 7.06. The smallest absolute Gasteiger partial charge is 0.257 e. The summed E-state index contributed by atoms with van der Waals surface area (Å²) in [6, 6.07) is 11.4. The first kappa shape index (κ1) is 14.5. The van der Waals surface area contributed by atoms with Crippen LogP contribution in [0.5, 0.6) is 0 Å². The van der Waals surface area contributed by atoms with Gasteiger partial charge in [0.25, 0.3) is 5.91 Å². The van der Waals surface area contributed by atoms with Gasteiger partial charge in [0, 0.05) is 23.5 Å². The van der Waals surface area contributed by atoms with E-state index in [4.69, 9.17) is 11.6 Å². The first-order chi connectivity index (χ1) is 9.70. The molecular formula is C16H17ClN2O. The predicted molar refractivity (Wildman–Crippen MR) is 82.4 cm³/mol. The molecule has 1 aromatic heterocycles. The molecule has 1 heterocycles. The zero-order chi connectivity index (χ0) is 14.4. The van der Waals surface area contributed by atoms with E-state index >= 15 is 0 Å². The highest BCUT2D eigenvalue weighted by atomic mass is 35.5. The van der Waals surface area contributed by atoms with Gasteiger partial charge in [-0.2, -0.15) is 0 Å². The first-order valence-electron chi connectivity index (χ1n) is 6.58. The van der Waals surface area contributed by atoms with Crippen molar-refractivity contribution >= 4 is 23.2 Å². The fraction of sp³-hybridized carbons (Fsp3) is 0.250. The molecule has 0 unspecified atom stereocenters. The number of pyridine rings is 1. The van der Waals surface area contributed by atoms with Gasteiger partial charge in [0.2, 0.25) is 0 Å². The summed E-state index contributed by atoms with van der Waals surface area (Å²) < 4.78 is 0. The minimum Gasteiger partial charge on any atom is -0.322 e. The number of nitrogens with one attached hydrogen (secondary N) is 1. The highest BCUT2D eigenvalue weighted by Gasteiger charge is 2.09. The number of anilines is 1. The molecule has 20 heavy (non-hydrogen) atoms. The summed E-state index contributed by atoms with van der Waals surface area (Å²) in [5, 5.41) is 2.90. The number of alkyl halides is 1. The molecular weight excluding hydrogens is 272 g/mol. The largest absolute Gasteiger partial charge is 0.322 e. The van der Waals surface area contributed by atoms with Crippen LogP contribution in [0.4, 0.5) is 5.69 Å². The van der Waals surface area contributed by atoms with E-state index in [-0.39, 0.29) is 5.91 Å². The van der Waals surface area contributed by atoms with Gasteiger partial charge in [-0.15, -0.1) is 11.6 Å². The molecule has 0 spiro atoms. The van der Waals surface area contributed by atoms with Crippen LogP contribution in [0.15, 0.2) is 42.6 Å². The molecule has 1 N–H and O–H groups in total. The summed E-state index contributed by atoms with van der Waals surface area (Å²) in [6.07, 6.45) is 3.53. The van der Waals surface area contributed by atoms with Crippen molar-refractivity contribution in [3.63, 3.8) is 0 Å². The van der Waals surface area contributed by atoms with E-state index in [0.717, 1.165) is 24.2 Å². The number of carbonyl (C=O) groups is 1. The van der Waals surface area contributed by atoms with Crippen molar-refractivity contribution in [3.05, 3.63) is 59.4 Å². The van der Waals surface area contributed by atoms with E-state index in [1.807, 2.05) is 31.2 Å². The van der Waals surface area contributed by atoms with Crippen molar-refractivity contribution < 1.29 is 4.79 Å². The van der Waals surface area contributed by atoms with Crippen molar-refractivity contribution in [2.45, 2.75) is 19.8 Å². The Kier molecular flexibility index (Phi) is 5.13. The van der Waals surface area contributed by atoms with Crippen LogP contribution in [0.3, 0.4) is 0 Å². The predicted octanol–water partition coefficient (Wildman–Crippen LogP) is 3.81. The van der Waals surface area contributed by atoms with E-state index in [2.05, 4.69) is 10.3 Å². The van der Waals surface area contributed by atoms with Gasteiger partial charge >= 0.3 is 0 Å². The highest BCUT2D eigenvalue weighted by Crippen LogP contribution is 2.14. The summed E-state index contributed by atoms with van der Waals surface area (Å²) in [4.78, 5) is 16.3. The van der Waals surface area contributed by atoms with Gasteiger partial charge in [-0.1, -0.05) is 12.1 Å². The Morgan fingerprint density at radius 3 is 2.90 bits per heavy atom. The average Bonchev–Trinajstić information content (AvgIpc) is 2.46. The monoisotopic (exact) mass is 288 g/mol. The van der Waals surface area contributed by atoms with Crippen LogP contribution in [0.1, 0.15) is 28.0 Å². The Morgan fingerprint density at radius 1 is 1.30 bits per heavy atom. The SMILES string of the molecule is Cc1ncccc1C(=O)Nc1cccc(CCCCl)c1. The van der Waals surface area contributed by atoms with Crippen LogP contribution in [0.2, 0.25) is 0 Å². The van der Waals surface area contributed by atoms with Gasteiger partial charge in [0.1, 0.15) is 0 Å².